The number of nitrogens with zero attached hydrogens (tertiary/aromatic N) is 1. The predicted octanol–water partition coefficient (Wildman–Crippen LogP) is 2.84. The minimum Gasteiger partial charge on any atom is -0.491 e. The maximum Gasteiger partial charge on any atom is 0.153 e. The minimum atomic E-state index is 0.387. The lowest BCUT2D eigenvalue weighted by Crippen LogP contribution is -2.00. The number of ether oxygens (including phenoxy) is 1. The average molecular weight is 224 g/mol. The topological polar surface area (TPSA) is 50.1 Å². The molecule has 1 aromatic rings. The molecule has 4 heteroatoms. The van der Waals surface area contributed by atoms with Crippen LogP contribution >= 0.6 is 11.6 Å². The fourth-order valence-corrected chi connectivity index (χ4v) is 1.33. The van der Waals surface area contributed by atoms with Crippen molar-refractivity contribution in [2.24, 2.45) is 0 Å². The SMILES string of the molecule is N#CCCCOc1c(Cl)cccc1C=O. The van der Waals surface area contributed by atoms with Crippen LogP contribution in [-0.4, -0.2) is 12.9 Å². The smallest absolute Gasteiger partial charge is 0.153 e. The highest BCUT2D eigenvalue weighted by molar-refractivity contribution is 6.32. The van der Waals surface area contributed by atoms with Gasteiger partial charge in [-0.1, -0.05) is 17.7 Å². The zero-order valence-electron chi connectivity index (χ0n) is 8.07. The second-order valence-electron chi connectivity index (χ2n) is 2.89. The normalized spacial score (nSPS) is 9.33. The molecule has 0 aromatic heterocycles. The van der Waals surface area contributed by atoms with Crippen LogP contribution in [0.15, 0.2) is 18.2 Å². The number of aldehydes is 1. The Morgan fingerprint density at radius 1 is 1.53 bits per heavy atom. The van der Waals surface area contributed by atoms with Gasteiger partial charge < -0.3 is 4.74 Å². The number of para-hydroxylation sites is 1. The lowest BCUT2D eigenvalue weighted by molar-refractivity contribution is 0.111. The van der Waals surface area contributed by atoms with Crippen LogP contribution in [0.4, 0.5) is 0 Å². The van der Waals surface area contributed by atoms with Gasteiger partial charge >= 0.3 is 0 Å². The van der Waals surface area contributed by atoms with Crippen LogP contribution in [0.25, 0.3) is 0 Å². The van der Waals surface area contributed by atoms with Crippen molar-refractivity contribution < 1.29 is 9.53 Å². The van der Waals surface area contributed by atoms with E-state index in [1.165, 1.54) is 0 Å². The first-order valence-corrected chi connectivity index (χ1v) is 4.91. The second kappa shape index (κ2) is 6.05. The largest absolute Gasteiger partial charge is 0.491 e. The maximum atomic E-state index is 10.7. The van der Waals surface area contributed by atoms with Crippen molar-refractivity contribution >= 4 is 17.9 Å². The Balaban J connectivity index is 2.67. The molecule has 1 rings (SSSR count). The van der Waals surface area contributed by atoms with Gasteiger partial charge in [-0.05, 0) is 18.6 Å². The van der Waals surface area contributed by atoms with Gasteiger partial charge in [0.15, 0.2) is 6.29 Å². The Kier molecular flexibility index (Phi) is 4.65. The van der Waals surface area contributed by atoms with Crippen LogP contribution in [0.5, 0.6) is 5.75 Å². The van der Waals surface area contributed by atoms with E-state index >= 15 is 0 Å². The molecule has 0 amide bonds. The molecule has 0 N–H and O–H groups in total. The van der Waals surface area contributed by atoms with Crippen LogP contribution in [0, 0.1) is 11.3 Å². The number of rotatable bonds is 5. The molecule has 0 aliphatic heterocycles. The summed E-state index contributed by atoms with van der Waals surface area (Å²) in [5.41, 5.74) is 0.430. The van der Waals surface area contributed by atoms with E-state index in [9.17, 15) is 4.79 Å². The fraction of sp³-hybridized carbons (Fsp3) is 0.273. The first-order valence-electron chi connectivity index (χ1n) is 4.53. The third-order valence-corrected chi connectivity index (χ3v) is 2.10. The highest BCUT2D eigenvalue weighted by atomic mass is 35.5. The van der Waals surface area contributed by atoms with Crippen molar-refractivity contribution in [3.8, 4) is 11.8 Å². The lowest BCUT2D eigenvalue weighted by atomic mass is 10.2. The van der Waals surface area contributed by atoms with Crippen LogP contribution in [0.2, 0.25) is 5.02 Å². The van der Waals surface area contributed by atoms with Crippen molar-refractivity contribution in [1.82, 2.24) is 0 Å². The van der Waals surface area contributed by atoms with Crippen LogP contribution in [-0.2, 0) is 0 Å². The van der Waals surface area contributed by atoms with Gasteiger partial charge in [-0.3, -0.25) is 4.79 Å². The zero-order valence-corrected chi connectivity index (χ0v) is 8.83. The number of hydrogen-bond acceptors (Lipinski definition) is 3. The lowest BCUT2D eigenvalue weighted by Gasteiger charge is -2.08. The van der Waals surface area contributed by atoms with Gasteiger partial charge in [0.1, 0.15) is 5.75 Å². The van der Waals surface area contributed by atoms with Crippen LogP contribution in [0.1, 0.15) is 23.2 Å². The summed E-state index contributed by atoms with van der Waals surface area (Å²) in [6.07, 6.45) is 1.76. The molecule has 0 saturated carbocycles. The number of carbonyl (C=O) groups excluding carboxylic acids is 1. The summed E-state index contributed by atoms with van der Waals surface area (Å²) in [6.45, 7) is 0.387. The molecule has 0 heterocycles. The van der Waals surface area contributed by atoms with E-state index < -0.39 is 0 Å². The molecule has 0 unspecified atom stereocenters. The number of nitriles is 1. The molecule has 3 nitrogen and oxygen atoms in total. The molecule has 15 heavy (non-hydrogen) atoms. The van der Waals surface area contributed by atoms with E-state index in [-0.39, 0.29) is 0 Å². The van der Waals surface area contributed by atoms with Crippen molar-refractivity contribution in [2.75, 3.05) is 6.61 Å². The first kappa shape index (κ1) is 11.5. The maximum absolute atomic E-state index is 10.7. The standard InChI is InChI=1S/C11H10ClNO2/c12-10-5-3-4-9(8-14)11(10)15-7-2-1-6-13/h3-5,8H,1-2,7H2. The minimum absolute atomic E-state index is 0.387. The van der Waals surface area contributed by atoms with E-state index in [4.69, 9.17) is 21.6 Å². The summed E-state index contributed by atoms with van der Waals surface area (Å²) in [5.74, 6) is 0.395. The van der Waals surface area contributed by atoms with Gasteiger partial charge in [-0.15, -0.1) is 0 Å². The number of benzene rings is 1. The average Bonchev–Trinajstić information content (AvgIpc) is 2.26. The molecule has 0 aliphatic rings. The van der Waals surface area contributed by atoms with E-state index in [0.717, 1.165) is 0 Å². The number of hydrogen-bond donors (Lipinski definition) is 0. The Hall–Kier alpha value is -1.53. The van der Waals surface area contributed by atoms with E-state index in [0.29, 0.717) is 42.1 Å². The fourth-order valence-electron chi connectivity index (χ4n) is 1.10. The molecule has 0 radical (unpaired) electrons. The third-order valence-electron chi connectivity index (χ3n) is 1.80. The van der Waals surface area contributed by atoms with E-state index in [1.54, 1.807) is 18.2 Å². The van der Waals surface area contributed by atoms with Gasteiger partial charge in [-0.2, -0.15) is 5.26 Å². The van der Waals surface area contributed by atoms with Crippen LogP contribution in [0.3, 0.4) is 0 Å². The summed E-state index contributed by atoms with van der Waals surface area (Å²) < 4.78 is 5.35. The Morgan fingerprint density at radius 3 is 3.00 bits per heavy atom. The number of unbranched alkanes of at least 4 members (excludes halogenated alkanes) is 1. The van der Waals surface area contributed by atoms with Crippen molar-refractivity contribution in [2.45, 2.75) is 12.8 Å². The molecule has 0 spiro atoms. The molecular weight excluding hydrogens is 214 g/mol. The summed E-state index contributed by atoms with van der Waals surface area (Å²) in [5, 5.41) is 8.74. The molecule has 1 aromatic carbocycles. The molecule has 0 atom stereocenters. The van der Waals surface area contributed by atoms with Crippen molar-refractivity contribution in [3.63, 3.8) is 0 Å². The molecule has 0 fully saturated rings. The van der Waals surface area contributed by atoms with Gasteiger partial charge in [0.25, 0.3) is 0 Å². The summed E-state index contributed by atoms with van der Waals surface area (Å²) >= 11 is 5.87. The van der Waals surface area contributed by atoms with Crippen molar-refractivity contribution in [1.29, 1.82) is 5.26 Å². The summed E-state index contributed by atoms with van der Waals surface area (Å²) in [4.78, 5) is 10.7. The molecule has 0 saturated heterocycles. The highest BCUT2D eigenvalue weighted by Gasteiger charge is 2.06. The molecular formula is C11H10ClNO2. The van der Waals surface area contributed by atoms with Gasteiger partial charge in [-0.25, -0.2) is 0 Å². The first-order chi connectivity index (χ1) is 7.29. The van der Waals surface area contributed by atoms with Crippen molar-refractivity contribution in [3.05, 3.63) is 28.8 Å². The third kappa shape index (κ3) is 3.26. The number of halogens is 1. The predicted molar refractivity (Wildman–Crippen MR) is 57.2 cm³/mol. The Labute approximate surface area is 93.2 Å². The second-order valence-corrected chi connectivity index (χ2v) is 3.29. The van der Waals surface area contributed by atoms with Gasteiger partial charge in [0.2, 0.25) is 0 Å². The monoisotopic (exact) mass is 223 g/mol. The molecule has 78 valence electrons. The Morgan fingerprint density at radius 2 is 2.33 bits per heavy atom. The van der Waals surface area contributed by atoms with Crippen LogP contribution < -0.4 is 4.74 Å². The van der Waals surface area contributed by atoms with E-state index in [1.807, 2.05) is 6.07 Å². The Bertz CT molecular complexity index is 385. The van der Waals surface area contributed by atoms with Gasteiger partial charge in [0, 0.05) is 6.42 Å². The van der Waals surface area contributed by atoms with E-state index in [2.05, 4.69) is 0 Å². The molecule has 0 aliphatic carbocycles. The summed E-state index contributed by atoms with van der Waals surface area (Å²) in [7, 11) is 0. The summed E-state index contributed by atoms with van der Waals surface area (Å²) in [6, 6.07) is 7.00. The van der Waals surface area contributed by atoms with Gasteiger partial charge in [0.05, 0.1) is 23.3 Å². The zero-order chi connectivity index (χ0) is 11.1. The number of carbonyl (C=O) groups is 1. The highest BCUT2D eigenvalue weighted by Crippen LogP contribution is 2.27. The quantitative estimate of drug-likeness (QED) is 0.570. The molecule has 0 bridgehead atoms.